The highest BCUT2D eigenvalue weighted by atomic mass is 32.2. The van der Waals surface area contributed by atoms with E-state index in [4.69, 9.17) is 0 Å². The maximum absolute atomic E-state index is 12.8. The summed E-state index contributed by atoms with van der Waals surface area (Å²) in [5.41, 5.74) is 0. The minimum absolute atomic E-state index is 0.0877. The number of ether oxygens (including phenoxy) is 1. The molecular weight excluding hydrogens is 411 g/mol. The summed E-state index contributed by atoms with van der Waals surface area (Å²) < 4.78 is 67.3. The third kappa shape index (κ3) is 5.26. The van der Waals surface area contributed by atoms with Crippen LogP contribution in [0.3, 0.4) is 0 Å². The van der Waals surface area contributed by atoms with Gasteiger partial charge in [-0.05, 0) is 43.3 Å². The first-order valence-corrected chi connectivity index (χ1v) is 10.3. The van der Waals surface area contributed by atoms with Gasteiger partial charge in [-0.3, -0.25) is 0 Å². The van der Waals surface area contributed by atoms with Crippen LogP contribution >= 0.6 is 0 Å². The van der Waals surface area contributed by atoms with E-state index in [0.717, 1.165) is 30.8 Å². The maximum Gasteiger partial charge on any atom is 0.573 e. The summed E-state index contributed by atoms with van der Waals surface area (Å²) in [6.07, 6.45) is -4.83. The van der Waals surface area contributed by atoms with Crippen molar-refractivity contribution in [2.45, 2.75) is 18.2 Å². The van der Waals surface area contributed by atoms with Crippen LogP contribution in [0.15, 0.2) is 41.3 Å². The smallest absolute Gasteiger partial charge is 0.406 e. The van der Waals surface area contributed by atoms with E-state index in [0.29, 0.717) is 24.7 Å². The van der Waals surface area contributed by atoms with Gasteiger partial charge in [-0.1, -0.05) is 0 Å². The molecule has 1 aliphatic heterocycles. The first-order valence-electron chi connectivity index (χ1n) is 8.87. The lowest BCUT2D eigenvalue weighted by Gasteiger charge is -2.34. The fourth-order valence-electron chi connectivity index (χ4n) is 2.89. The van der Waals surface area contributed by atoms with Crippen LogP contribution in [0, 0.1) is 0 Å². The van der Waals surface area contributed by atoms with Gasteiger partial charge < -0.3 is 15.0 Å². The maximum atomic E-state index is 12.8. The van der Waals surface area contributed by atoms with E-state index in [1.165, 1.54) is 4.31 Å². The summed E-state index contributed by atoms with van der Waals surface area (Å²) in [6, 6.07) is 7.80. The Bertz CT molecular complexity index is 913. The standard InChI is InChI=1S/C17H20F3N5O3S/c1-2-21-15-7-8-16(23-22-15)24-9-11-25(12-10-24)29(26,27)14-5-3-13(4-6-14)28-17(18,19)20/h3-8H,2,9-12H2,1H3,(H,21,22). The lowest BCUT2D eigenvalue weighted by Crippen LogP contribution is -2.49. The molecule has 12 heteroatoms. The number of anilines is 2. The number of nitrogens with zero attached hydrogens (tertiary/aromatic N) is 4. The minimum atomic E-state index is -4.83. The molecule has 29 heavy (non-hydrogen) atoms. The topological polar surface area (TPSA) is 87.7 Å². The molecule has 0 saturated carbocycles. The molecular formula is C17H20F3N5O3S. The van der Waals surface area contributed by atoms with Crippen LogP contribution in [0.25, 0.3) is 0 Å². The quantitative estimate of drug-likeness (QED) is 0.751. The molecule has 0 bridgehead atoms. The Hall–Kier alpha value is -2.60. The lowest BCUT2D eigenvalue weighted by molar-refractivity contribution is -0.274. The molecule has 158 valence electrons. The normalized spacial score (nSPS) is 15.9. The molecule has 8 nitrogen and oxygen atoms in total. The Morgan fingerprint density at radius 2 is 1.69 bits per heavy atom. The van der Waals surface area contributed by atoms with E-state index in [1.807, 2.05) is 17.9 Å². The van der Waals surface area contributed by atoms with Crippen molar-refractivity contribution in [3.05, 3.63) is 36.4 Å². The number of hydrogen-bond acceptors (Lipinski definition) is 7. The zero-order chi connectivity index (χ0) is 21.1. The monoisotopic (exact) mass is 431 g/mol. The zero-order valence-corrected chi connectivity index (χ0v) is 16.4. The van der Waals surface area contributed by atoms with Crippen molar-refractivity contribution >= 4 is 21.7 Å². The number of rotatable bonds is 6. The molecule has 0 spiro atoms. The molecule has 2 heterocycles. The van der Waals surface area contributed by atoms with Gasteiger partial charge in [-0.25, -0.2) is 8.42 Å². The number of halogens is 3. The van der Waals surface area contributed by atoms with Crippen molar-refractivity contribution in [2.24, 2.45) is 0 Å². The van der Waals surface area contributed by atoms with E-state index in [2.05, 4.69) is 20.3 Å². The van der Waals surface area contributed by atoms with Crippen LogP contribution in [0.5, 0.6) is 5.75 Å². The van der Waals surface area contributed by atoms with Crippen LogP contribution in [-0.2, 0) is 10.0 Å². The average molecular weight is 431 g/mol. The number of sulfonamides is 1. The van der Waals surface area contributed by atoms with E-state index in [1.54, 1.807) is 6.07 Å². The van der Waals surface area contributed by atoms with Crippen LogP contribution in [-0.4, -0.2) is 62.0 Å². The average Bonchev–Trinajstić information content (AvgIpc) is 2.68. The van der Waals surface area contributed by atoms with Crippen molar-refractivity contribution in [3.8, 4) is 5.75 Å². The van der Waals surface area contributed by atoms with Gasteiger partial charge in [0, 0.05) is 32.7 Å². The van der Waals surface area contributed by atoms with Crippen molar-refractivity contribution in [3.63, 3.8) is 0 Å². The van der Waals surface area contributed by atoms with E-state index in [-0.39, 0.29) is 18.0 Å². The highest BCUT2D eigenvalue weighted by molar-refractivity contribution is 7.89. The summed E-state index contributed by atoms with van der Waals surface area (Å²) >= 11 is 0. The third-order valence-electron chi connectivity index (χ3n) is 4.27. The summed E-state index contributed by atoms with van der Waals surface area (Å²) in [6.45, 7) is 3.97. The van der Waals surface area contributed by atoms with Gasteiger partial charge in [0.25, 0.3) is 0 Å². The van der Waals surface area contributed by atoms with Crippen LogP contribution in [0.2, 0.25) is 0 Å². The fourth-order valence-corrected chi connectivity index (χ4v) is 4.31. The molecule has 1 fully saturated rings. The molecule has 0 unspecified atom stereocenters. The highest BCUT2D eigenvalue weighted by Gasteiger charge is 2.32. The largest absolute Gasteiger partial charge is 0.573 e. The van der Waals surface area contributed by atoms with Gasteiger partial charge in [0.05, 0.1) is 4.90 Å². The van der Waals surface area contributed by atoms with E-state index in [9.17, 15) is 21.6 Å². The second kappa shape index (κ2) is 8.41. The number of alkyl halides is 3. The molecule has 1 aliphatic rings. The van der Waals surface area contributed by atoms with Crippen molar-refractivity contribution in [2.75, 3.05) is 42.9 Å². The van der Waals surface area contributed by atoms with Gasteiger partial charge in [-0.15, -0.1) is 23.4 Å². The molecule has 1 aromatic heterocycles. The summed E-state index contributed by atoms with van der Waals surface area (Å²) in [4.78, 5) is 1.84. The summed E-state index contributed by atoms with van der Waals surface area (Å²) in [5, 5.41) is 11.3. The van der Waals surface area contributed by atoms with Crippen LogP contribution in [0.1, 0.15) is 6.92 Å². The van der Waals surface area contributed by atoms with Crippen LogP contribution < -0.4 is 15.0 Å². The number of piperazine rings is 1. The summed E-state index contributed by atoms with van der Waals surface area (Å²) in [5.74, 6) is 0.841. The Labute approximate surface area is 166 Å². The Balaban J connectivity index is 1.63. The molecule has 0 atom stereocenters. The van der Waals surface area contributed by atoms with Gasteiger partial charge in [0.2, 0.25) is 10.0 Å². The molecule has 0 radical (unpaired) electrons. The first kappa shape index (κ1) is 21.1. The number of nitrogens with one attached hydrogen (secondary N) is 1. The molecule has 1 aromatic carbocycles. The zero-order valence-electron chi connectivity index (χ0n) is 15.6. The Morgan fingerprint density at radius 3 is 2.21 bits per heavy atom. The number of hydrogen-bond donors (Lipinski definition) is 1. The molecule has 0 amide bonds. The van der Waals surface area contributed by atoms with Crippen molar-refractivity contribution < 1.29 is 26.3 Å². The van der Waals surface area contributed by atoms with Crippen molar-refractivity contribution in [1.82, 2.24) is 14.5 Å². The second-order valence-electron chi connectivity index (χ2n) is 6.22. The number of benzene rings is 1. The second-order valence-corrected chi connectivity index (χ2v) is 8.16. The fraction of sp³-hybridized carbons (Fsp3) is 0.412. The molecule has 2 aromatic rings. The third-order valence-corrected chi connectivity index (χ3v) is 6.18. The van der Waals surface area contributed by atoms with Crippen LogP contribution in [0.4, 0.5) is 24.8 Å². The first-order chi connectivity index (χ1) is 13.7. The Kier molecular flexibility index (Phi) is 6.13. The van der Waals surface area contributed by atoms with Gasteiger partial charge in [-0.2, -0.15) is 4.31 Å². The minimum Gasteiger partial charge on any atom is -0.406 e. The molecule has 1 saturated heterocycles. The van der Waals surface area contributed by atoms with E-state index < -0.39 is 22.1 Å². The lowest BCUT2D eigenvalue weighted by atomic mass is 10.3. The number of aromatic nitrogens is 2. The predicted molar refractivity (Wildman–Crippen MR) is 100 cm³/mol. The van der Waals surface area contributed by atoms with Gasteiger partial charge in [0.1, 0.15) is 11.6 Å². The SMILES string of the molecule is CCNc1ccc(N2CCN(S(=O)(=O)c3ccc(OC(F)(F)F)cc3)CC2)nn1. The molecule has 0 aliphatic carbocycles. The van der Waals surface area contributed by atoms with E-state index >= 15 is 0 Å². The predicted octanol–water partition coefficient (Wildman–Crippen LogP) is 2.32. The van der Waals surface area contributed by atoms with Gasteiger partial charge >= 0.3 is 6.36 Å². The molecule has 3 rings (SSSR count). The van der Waals surface area contributed by atoms with Crippen molar-refractivity contribution in [1.29, 1.82) is 0 Å². The summed E-state index contributed by atoms with van der Waals surface area (Å²) in [7, 11) is -3.82. The van der Waals surface area contributed by atoms with Gasteiger partial charge in [0.15, 0.2) is 5.82 Å². The Morgan fingerprint density at radius 1 is 1.03 bits per heavy atom. The highest BCUT2D eigenvalue weighted by Crippen LogP contribution is 2.26. The molecule has 1 N–H and O–H groups in total.